The number of aryl methyl sites for hydroxylation is 1. The summed E-state index contributed by atoms with van der Waals surface area (Å²) in [6.07, 6.45) is 3.63. The number of benzene rings is 1. The molecule has 3 nitrogen and oxygen atoms in total. The topological polar surface area (TPSA) is 39.2 Å². The minimum absolute atomic E-state index is 0.0348. The van der Waals surface area contributed by atoms with Crippen LogP contribution in [-0.2, 0) is 6.42 Å². The highest BCUT2D eigenvalue weighted by Crippen LogP contribution is 2.24. The average molecular weight is 320 g/mol. The van der Waals surface area contributed by atoms with Gasteiger partial charge in [0, 0.05) is 34.4 Å². The number of hydrogen-bond donors (Lipinski definition) is 0. The Morgan fingerprint density at radius 1 is 1.32 bits per heavy atom. The Balaban J connectivity index is 2.26. The zero-order valence-corrected chi connectivity index (χ0v) is 12.4. The molecule has 1 aromatic carbocycles. The summed E-state index contributed by atoms with van der Waals surface area (Å²) in [4.78, 5) is 16.3. The zero-order chi connectivity index (χ0) is 13.8. The summed E-state index contributed by atoms with van der Waals surface area (Å²) in [5.74, 6) is 0.754. The molecule has 0 amide bonds. The first-order chi connectivity index (χ1) is 9.10. The molecular weight excluding hydrogens is 306 g/mol. The monoisotopic (exact) mass is 319 g/mol. The maximum Gasteiger partial charge on any atom is 0.168 e. The molecule has 0 spiro atoms. The lowest BCUT2D eigenvalue weighted by Crippen LogP contribution is -2.06. The van der Waals surface area contributed by atoms with E-state index in [2.05, 4.69) is 20.9 Å². The smallest absolute Gasteiger partial charge is 0.168 e. The van der Waals surface area contributed by atoms with Crippen LogP contribution < -0.4 is 4.74 Å². The number of nitrogens with zero attached hydrogens (tertiary/aromatic N) is 1. The van der Waals surface area contributed by atoms with Gasteiger partial charge in [-0.2, -0.15) is 0 Å². The molecule has 0 saturated carbocycles. The van der Waals surface area contributed by atoms with Crippen LogP contribution in [0.4, 0.5) is 0 Å². The van der Waals surface area contributed by atoms with Gasteiger partial charge in [-0.1, -0.05) is 15.9 Å². The summed E-state index contributed by atoms with van der Waals surface area (Å²) in [5.41, 5.74) is 2.47. The Labute approximate surface area is 120 Å². The van der Waals surface area contributed by atoms with Crippen molar-refractivity contribution >= 4 is 21.7 Å². The van der Waals surface area contributed by atoms with E-state index in [-0.39, 0.29) is 5.78 Å². The molecule has 0 aliphatic rings. The van der Waals surface area contributed by atoms with Crippen molar-refractivity contribution in [1.82, 2.24) is 4.98 Å². The first kappa shape index (κ1) is 13.7. The quantitative estimate of drug-likeness (QED) is 0.808. The van der Waals surface area contributed by atoms with Crippen molar-refractivity contribution in [2.24, 2.45) is 0 Å². The van der Waals surface area contributed by atoms with E-state index in [1.165, 1.54) is 0 Å². The molecule has 4 heteroatoms. The van der Waals surface area contributed by atoms with Crippen LogP contribution in [0, 0.1) is 6.92 Å². The first-order valence-electron chi connectivity index (χ1n) is 5.87. The highest BCUT2D eigenvalue weighted by Gasteiger charge is 2.12. The van der Waals surface area contributed by atoms with E-state index in [4.69, 9.17) is 4.74 Å². The molecule has 0 radical (unpaired) electrons. The third kappa shape index (κ3) is 3.41. The Hall–Kier alpha value is -1.68. The number of Topliss-reactive ketones (excluding diaryl/α,β-unsaturated/α-hetero) is 1. The van der Waals surface area contributed by atoms with Crippen LogP contribution in [0.1, 0.15) is 21.5 Å². The molecule has 0 aliphatic carbocycles. The minimum atomic E-state index is 0.0348. The molecule has 0 saturated heterocycles. The van der Waals surface area contributed by atoms with Crippen molar-refractivity contribution in [3.8, 4) is 5.75 Å². The van der Waals surface area contributed by atoms with Gasteiger partial charge in [-0.3, -0.25) is 9.78 Å². The number of methoxy groups -OCH3 is 1. The van der Waals surface area contributed by atoms with Gasteiger partial charge in [0.1, 0.15) is 5.75 Å². The molecule has 2 rings (SSSR count). The minimum Gasteiger partial charge on any atom is -0.496 e. The van der Waals surface area contributed by atoms with Gasteiger partial charge >= 0.3 is 0 Å². The second kappa shape index (κ2) is 5.97. The van der Waals surface area contributed by atoms with Crippen molar-refractivity contribution in [2.75, 3.05) is 7.11 Å². The third-order valence-corrected chi connectivity index (χ3v) is 3.28. The number of ether oxygens (including phenoxy) is 1. The first-order valence-corrected chi connectivity index (χ1v) is 6.66. The van der Waals surface area contributed by atoms with E-state index in [1.807, 2.05) is 31.2 Å². The molecule has 0 aliphatic heterocycles. The van der Waals surface area contributed by atoms with Crippen molar-refractivity contribution in [3.63, 3.8) is 0 Å². The van der Waals surface area contributed by atoms with Gasteiger partial charge in [-0.15, -0.1) is 0 Å². The van der Waals surface area contributed by atoms with Crippen LogP contribution in [0.25, 0.3) is 0 Å². The number of carbonyl (C=O) groups is 1. The predicted molar refractivity (Wildman–Crippen MR) is 77.7 cm³/mol. The Morgan fingerprint density at radius 3 is 2.79 bits per heavy atom. The van der Waals surface area contributed by atoms with Crippen LogP contribution >= 0.6 is 15.9 Å². The summed E-state index contributed by atoms with van der Waals surface area (Å²) >= 11 is 3.40. The fourth-order valence-corrected chi connectivity index (χ4v) is 2.28. The van der Waals surface area contributed by atoms with Gasteiger partial charge in [0.05, 0.1) is 7.11 Å². The van der Waals surface area contributed by atoms with Gasteiger partial charge in [0.15, 0.2) is 5.78 Å². The van der Waals surface area contributed by atoms with Gasteiger partial charge in [0.2, 0.25) is 0 Å². The Morgan fingerprint density at radius 2 is 2.11 bits per heavy atom. The SMILES string of the molecule is COc1ccc(Br)cc1CC(=O)c1cncc(C)c1. The van der Waals surface area contributed by atoms with Gasteiger partial charge in [0.25, 0.3) is 0 Å². The van der Waals surface area contributed by atoms with E-state index in [9.17, 15) is 4.79 Å². The number of rotatable bonds is 4. The number of halogens is 1. The molecular formula is C15H14BrNO2. The highest BCUT2D eigenvalue weighted by molar-refractivity contribution is 9.10. The van der Waals surface area contributed by atoms with E-state index < -0.39 is 0 Å². The normalized spacial score (nSPS) is 10.3. The molecule has 2 aromatic rings. The van der Waals surface area contributed by atoms with E-state index in [1.54, 1.807) is 19.5 Å². The maximum atomic E-state index is 12.2. The highest BCUT2D eigenvalue weighted by atomic mass is 79.9. The second-order valence-electron chi connectivity index (χ2n) is 4.31. The van der Waals surface area contributed by atoms with Crippen LogP contribution in [0.5, 0.6) is 5.75 Å². The molecule has 0 N–H and O–H groups in total. The van der Waals surface area contributed by atoms with Crippen molar-refractivity contribution in [2.45, 2.75) is 13.3 Å². The van der Waals surface area contributed by atoms with Crippen LogP contribution in [0.15, 0.2) is 41.1 Å². The average Bonchev–Trinajstić information content (AvgIpc) is 2.39. The van der Waals surface area contributed by atoms with Crippen LogP contribution in [0.2, 0.25) is 0 Å². The fraction of sp³-hybridized carbons (Fsp3) is 0.200. The number of pyridine rings is 1. The molecule has 19 heavy (non-hydrogen) atoms. The molecule has 98 valence electrons. The van der Waals surface area contributed by atoms with Gasteiger partial charge in [-0.25, -0.2) is 0 Å². The maximum absolute atomic E-state index is 12.2. The molecule has 0 unspecified atom stereocenters. The number of aromatic nitrogens is 1. The lowest BCUT2D eigenvalue weighted by molar-refractivity contribution is 0.0991. The van der Waals surface area contributed by atoms with E-state index in [0.717, 1.165) is 21.3 Å². The summed E-state index contributed by atoms with van der Waals surface area (Å²) in [7, 11) is 1.60. The summed E-state index contributed by atoms with van der Waals surface area (Å²) in [5, 5.41) is 0. The van der Waals surface area contributed by atoms with Crippen LogP contribution in [-0.4, -0.2) is 17.9 Å². The molecule has 0 bridgehead atoms. The second-order valence-corrected chi connectivity index (χ2v) is 5.22. The standard InChI is InChI=1S/C15H14BrNO2/c1-10-5-12(9-17-8-10)14(18)7-11-6-13(16)3-4-15(11)19-2/h3-6,8-9H,7H2,1-2H3. The summed E-state index contributed by atoms with van der Waals surface area (Å²) < 4.78 is 6.20. The van der Waals surface area contributed by atoms with Crippen molar-refractivity contribution < 1.29 is 9.53 Å². The summed E-state index contributed by atoms with van der Waals surface area (Å²) in [6, 6.07) is 7.49. The summed E-state index contributed by atoms with van der Waals surface area (Å²) in [6.45, 7) is 1.92. The third-order valence-electron chi connectivity index (χ3n) is 2.79. The molecule has 1 aromatic heterocycles. The lowest BCUT2D eigenvalue weighted by Gasteiger charge is -2.08. The number of carbonyl (C=O) groups excluding carboxylic acids is 1. The molecule has 0 atom stereocenters. The van der Waals surface area contributed by atoms with E-state index >= 15 is 0 Å². The van der Waals surface area contributed by atoms with Crippen LogP contribution in [0.3, 0.4) is 0 Å². The van der Waals surface area contributed by atoms with Gasteiger partial charge < -0.3 is 4.74 Å². The number of hydrogen-bond acceptors (Lipinski definition) is 3. The van der Waals surface area contributed by atoms with Crippen molar-refractivity contribution in [1.29, 1.82) is 0 Å². The molecule has 1 heterocycles. The number of ketones is 1. The van der Waals surface area contributed by atoms with E-state index in [0.29, 0.717) is 12.0 Å². The fourth-order valence-electron chi connectivity index (χ4n) is 1.87. The Bertz CT molecular complexity index is 611. The Kier molecular flexibility index (Phi) is 4.32. The largest absolute Gasteiger partial charge is 0.496 e. The molecule has 0 fully saturated rings. The zero-order valence-electron chi connectivity index (χ0n) is 10.8. The predicted octanol–water partition coefficient (Wildman–Crippen LogP) is 3.59. The van der Waals surface area contributed by atoms with Gasteiger partial charge in [-0.05, 0) is 36.8 Å². The van der Waals surface area contributed by atoms with Crippen molar-refractivity contribution in [3.05, 3.63) is 57.8 Å². The lowest BCUT2D eigenvalue weighted by atomic mass is 10.0.